The van der Waals surface area contributed by atoms with Crippen molar-refractivity contribution in [2.45, 2.75) is 37.8 Å². The molecular formula is C24H23F2N3O2. The average Bonchev–Trinajstić information content (AvgIpc) is 2.96. The van der Waals surface area contributed by atoms with E-state index in [4.69, 9.17) is 0 Å². The molecule has 0 bridgehead atoms. The number of carbonyl (C=O) groups is 1. The van der Waals surface area contributed by atoms with Crippen LogP contribution >= 0.6 is 0 Å². The summed E-state index contributed by atoms with van der Waals surface area (Å²) in [4.78, 5) is 16.6. The van der Waals surface area contributed by atoms with Crippen LogP contribution in [0.1, 0.15) is 31.5 Å². The second-order valence-electron chi connectivity index (χ2n) is 8.50. The Morgan fingerprint density at radius 1 is 1.26 bits per heavy atom. The van der Waals surface area contributed by atoms with E-state index in [-0.39, 0.29) is 0 Å². The summed E-state index contributed by atoms with van der Waals surface area (Å²) < 4.78 is 29.3. The molecule has 2 N–H and O–H groups in total. The third kappa shape index (κ3) is 3.51. The molecule has 5 nitrogen and oxygen atoms in total. The number of rotatable bonds is 3. The molecule has 1 aromatic heterocycles. The molecule has 1 aliphatic carbocycles. The van der Waals surface area contributed by atoms with Gasteiger partial charge in [-0.25, -0.2) is 8.78 Å². The van der Waals surface area contributed by atoms with E-state index in [1.54, 1.807) is 43.5 Å². The molecule has 1 saturated heterocycles. The minimum atomic E-state index is -3.17. The van der Waals surface area contributed by atoms with Gasteiger partial charge in [0.2, 0.25) is 0 Å². The summed E-state index contributed by atoms with van der Waals surface area (Å²) in [7, 11) is 0. The van der Waals surface area contributed by atoms with Crippen molar-refractivity contribution in [2.24, 2.45) is 17.8 Å². The fourth-order valence-electron chi connectivity index (χ4n) is 4.94. The topological polar surface area (TPSA) is 86.0 Å². The number of pyridine rings is 1. The van der Waals surface area contributed by atoms with E-state index >= 15 is 0 Å². The Kier molecular flexibility index (Phi) is 5.14. The molecule has 2 aliphatic rings. The lowest BCUT2D eigenvalue weighted by molar-refractivity contribution is -0.191. The second-order valence-corrected chi connectivity index (χ2v) is 8.50. The van der Waals surface area contributed by atoms with E-state index in [1.807, 2.05) is 18.2 Å². The van der Waals surface area contributed by atoms with Gasteiger partial charge in [-0.1, -0.05) is 37.3 Å². The maximum absolute atomic E-state index is 14.7. The van der Waals surface area contributed by atoms with Crippen LogP contribution in [0.3, 0.4) is 0 Å². The number of benzene rings is 1. The Labute approximate surface area is 179 Å². The van der Waals surface area contributed by atoms with Crippen LogP contribution in [-0.4, -0.2) is 33.6 Å². The normalized spacial score (nSPS) is 31.8. The number of aromatic nitrogens is 1. The Hall–Kier alpha value is -3.11. The first-order valence-electron chi connectivity index (χ1n) is 10.2. The zero-order chi connectivity index (χ0) is 22.4. The molecule has 4 rings (SSSR count). The van der Waals surface area contributed by atoms with Crippen molar-refractivity contribution in [3.8, 4) is 17.2 Å². The summed E-state index contributed by atoms with van der Waals surface area (Å²) in [5.41, 5.74) is 0.566. The number of amides is 1. The number of nitriles is 1. The summed E-state index contributed by atoms with van der Waals surface area (Å²) in [5.74, 6) is -6.28. The minimum absolute atomic E-state index is 0.413. The van der Waals surface area contributed by atoms with Crippen LogP contribution in [0.5, 0.6) is 0 Å². The third-order valence-corrected chi connectivity index (χ3v) is 6.64. The number of hydrogen-bond donors (Lipinski definition) is 2. The number of nitrogens with one attached hydrogen (secondary N) is 1. The predicted octanol–water partition coefficient (Wildman–Crippen LogP) is 3.79. The fourth-order valence-corrected chi connectivity index (χ4v) is 4.94. The minimum Gasteiger partial charge on any atom is -0.379 e. The number of allylic oxidation sites excluding steroid dienone is 1. The van der Waals surface area contributed by atoms with Gasteiger partial charge in [-0.2, -0.15) is 5.26 Å². The van der Waals surface area contributed by atoms with Gasteiger partial charge in [-0.15, -0.1) is 0 Å². The highest BCUT2D eigenvalue weighted by Crippen LogP contribution is 2.53. The van der Waals surface area contributed by atoms with Gasteiger partial charge in [0.15, 0.2) is 5.60 Å². The first-order valence-corrected chi connectivity index (χ1v) is 10.2. The summed E-state index contributed by atoms with van der Waals surface area (Å²) in [5, 5.41) is 22.7. The molecule has 5 atom stereocenters. The Morgan fingerprint density at radius 3 is 2.68 bits per heavy atom. The largest absolute Gasteiger partial charge is 0.379 e. The van der Waals surface area contributed by atoms with Crippen LogP contribution in [0.15, 0.2) is 48.7 Å². The van der Waals surface area contributed by atoms with Gasteiger partial charge in [-0.3, -0.25) is 9.78 Å². The first-order chi connectivity index (χ1) is 14.7. The lowest BCUT2D eigenvalue weighted by atomic mass is 9.62. The highest BCUT2D eigenvalue weighted by atomic mass is 19.3. The summed E-state index contributed by atoms with van der Waals surface area (Å²) in [6.07, 6.45) is 4.06. The van der Waals surface area contributed by atoms with E-state index < -0.39 is 47.6 Å². The summed E-state index contributed by atoms with van der Waals surface area (Å²) in [6.45, 7) is 3.19. The van der Waals surface area contributed by atoms with Crippen molar-refractivity contribution in [2.75, 3.05) is 0 Å². The van der Waals surface area contributed by atoms with Crippen LogP contribution in [0.25, 0.3) is 17.2 Å². The zero-order valence-electron chi connectivity index (χ0n) is 17.2. The predicted molar refractivity (Wildman–Crippen MR) is 112 cm³/mol. The summed E-state index contributed by atoms with van der Waals surface area (Å²) in [6, 6.07) is 12.5. The number of fused-ring (bicyclic) bond motifs is 1. The number of hydrogen-bond acceptors (Lipinski definition) is 4. The maximum atomic E-state index is 14.7. The molecule has 0 radical (unpaired) electrons. The molecule has 1 aromatic carbocycles. The number of carbonyl (C=O) groups excluding carboxylic acids is 1. The Morgan fingerprint density at radius 2 is 2.00 bits per heavy atom. The van der Waals surface area contributed by atoms with Crippen LogP contribution in [-0.2, 0) is 4.79 Å². The molecular weight excluding hydrogens is 400 g/mol. The van der Waals surface area contributed by atoms with Crippen LogP contribution in [0, 0.1) is 29.1 Å². The zero-order valence-corrected chi connectivity index (χ0v) is 17.2. The van der Waals surface area contributed by atoms with E-state index in [0.29, 0.717) is 11.3 Å². The molecule has 1 saturated carbocycles. The van der Waals surface area contributed by atoms with Crippen molar-refractivity contribution in [3.05, 3.63) is 59.9 Å². The van der Waals surface area contributed by atoms with Gasteiger partial charge in [0.25, 0.3) is 11.8 Å². The maximum Gasteiger partial charge on any atom is 0.254 e. The second kappa shape index (κ2) is 7.54. The van der Waals surface area contributed by atoms with Gasteiger partial charge in [-0.05, 0) is 31.1 Å². The van der Waals surface area contributed by atoms with E-state index in [2.05, 4.69) is 16.4 Å². The highest BCUT2D eigenvalue weighted by molar-refractivity contribution is 5.88. The van der Waals surface area contributed by atoms with Crippen molar-refractivity contribution < 1.29 is 18.7 Å². The average molecular weight is 423 g/mol. The number of halogens is 2. The molecule has 0 spiro atoms. The molecule has 160 valence electrons. The van der Waals surface area contributed by atoms with E-state index in [1.165, 1.54) is 6.92 Å². The van der Waals surface area contributed by atoms with Crippen molar-refractivity contribution >= 4 is 12.0 Å². The molecule has 2 heterocycles. The number of alkyl halides is 2. The third-order valence-electron chi connectivity index (χ3n) is 6.64. The van der Waals surface area contributed by atoms with E-state index in [0.717, 1.165) is 11.1 Å². The lowest BCUT2D eigenvalue weighted by Crippen LogP contribution is -2.57. The molecule has 1 aliphatic heterocycles. The first kappa shape index (κ1) is 21.1. The Balaban J connectivity index is 1.62. The van der Waals surface area contributed by atoms with Crippen molar-refractivity contribution in [3.63, 3.8) is 0 Å². The van der Waals surface area contributed by atoms with Gasteiger partial charge in [0.1, 0.15) is 0 Å². The molecule has 2 aromatic rings. The monoisotopic (exact) mass is 423 g/mol. The number of nitrogens with zero attached hydrogens (tertiary/aromatic N) is 2. The molecule has 1 amide bonds. The SMILES string of the molecule is C[C@H]1NC(=O)[C@]2(O)CC(F)(F)[C@@H](C)[C@H](/C=C/c3ccc(-c4ccccc4C#N)cn3)[C@H]12. The van der Waals surface area contributed by atoms with Crippen LogP contribution in [0.2, 0.25) is 0 Å². The molecule has 2 fully saturated rings. The molecule has 0 unspecified atom stereocenters. The fraction of sp³-hybridized carbons (Fsp3) is 0.375. The van der Waals surface area contributed by atoms with Crippen molar-refractivity contribution in [1.82, 2.24) is 10.3 Å². The van der Waals surface area contributed by atoms with Crippen LogP contribution in [0.4, 0.5) is 8.78 Å². The standard InChI is InChI=1S/C24H23F2N3O2/c1-14-19(21-15(2)29-22(30)23(21,31)13-24(14,25)26)10-9-18-8-7-17(12-28-18)20-6-4-3-5-16(20)11-27/h3-10,12,14-15,19,21,31H,13H2,1-2H3,(H,29,30)/b10-9+/t14-,15+,19-,21-,23-/m0/s1. The smallest absolute Gasteiger partial charge is 0.254 e. The van der Waals surface area contributed by atoms with Crippen molar-refractivity contribution in [1.29, 1.82) is 5.26 Å². The number of aliphatic hydroxyl groups is 1. The molecule has 7 heteroatoms. The Bertz CT molecular complexity index is 1080. The highest BCUT2D eigenvalue weighted by Gasteiger charge is 2.66. The quantitative estimate of drug-likeness (QED) is 0.787. The summed E-state index contributed by atoms with van der Waals surface area (Å²) >= 11 is 0. The van der Waals surface area contributed by atoms with E-state index in [9.17, 15) is 23.9 Å². The lowest BCUT2D eigenvalue weighted by Gasteiger charge is -2.46. The van der Waals surface area contributed by atoms with Gasteiger partial charge >= 0.3 is 0 Å². The van der Waals surface area contributed by atoms with Gasteiger partial charge in [0, 0.05) is 41.6 Å². The van der Waals surface area contributed by atoms with Gasteiger partial charge in [0.05, 0.1) is 17.3 Å². The van der Waals surface area contributed by atoms with Gasteiger partial charge < -0.3 is 10.4 Å². The molecule has 31 heavy (non-hydrogen) atoms. The van der Waals surface area contributed by atoms with Crippen LogP contribution < -0.4 is 5.32 Å².